The van der Waals surface area contributed by atoms with Gasteiger partial charge in [0.1, 0.15) is 5.69 Å². The van der Waals surface area contributed by atoms with Crippen LogP contribution in [0.5, 0.6) is 0 Å². The van der Waals surface area contributed by atoms with Gasteiger partial charge < -0.3 is 14.8 Å². The average Bonchev–Trinajstić information content (AvgIpc) is 2.66. The quantitative estimate of drug-likeness (QED) is 0.421. The van der Waals surface area contributed by atoms with Crippen molar-refractivity contribution >= 4 is 23.3 Å². The van der Waals surface area contributed by atoms with E-state index in [1.54, 1.807) is 30.3 Å². The predicted octanol–water partition coefficient (Wildman–Crippen LogP) is 3.70. The lowest BCUT2D eigenvalue weighted by atomic mass is 10.1. The average molecular weight is 386 g/mol. The number of nitro groups is 1. The van der Waals surface area contributed by atoms with Gasteiger partial charge in [0, 0.05) is 6.07 Å². The molecule has 0 heterocycles. The first-order chi connectivity index (χ1) is 13.3. The van der Waals surface area contributed by atoms with Crippen LogP contribution in [0.2, 0.25) is 0 Å². The van der Waals surface area contributed by atoms with Gasteiger partial charge in [0.05, 0.1) is 23.2 Å². The number of benzene rings is 2. The van der Waals surface area contributed by atoms with E-state index in [0.29, 0.717) is 12.2 Å². The second-order valence-corrected chi connectivity index (χ2v) is 6.37. The molecule has 0 saturated carbocycles. The summed E-state index contributed by atoms with van der Waals surface area (Å²) < 4.78 is 10.6. The van der Waals surface area contributed by atoms with Gasteiger partial charge in [0.15, 0.2) is 6.10 Å². The molecule has 0 unspecified atom stereocenters. The molecule has 0 aliphatic rings. The van der Waals surface area contributed by atoms with Crippen molar-refractivity contribution in [3.05, 3.63) is 69.8 Å². The van der Waals surface area contributed by atoms with Crippen molar-refractivity contribution in [3.8, 4) is 0 Å². The fraction of sp³-hybridized carbons (Fsp3) is 0.300. The fourth-order valence-corrected chi connectivity index (χ4v) is 2.25. The summed E-state index contributed by atoms with van der Waals surface area (Å²) in [6.07, 6.45) is -1.03. The van der Waals surface area contributed by atoms with Gasteiger partial charge in [-0.1, -0.05) is 24.3 Å². The molecule has 0 spiro atoms. The van der Waals surface area contributed by atoms with E-state index in [9.17, 15) is 19.7 Å². The molecule has 2 aromatic carbocycles. The minimum atomic E-state index is -1.13. The number of nitrogens with zero attached hydrogens (tertiary/aromatic N) is 1. The molecule has 8 nitrogen and oxygen atoms in total. The van der Waals surface area contributed by atoms with Gasteiger partial charge in [-0.2, -0.15) is 0 Å². The number of ether oxygens (including phenoxy) is 2. The van der Waals surface area contributed by atoms with Gasteiger partial charge in [-0.25, -0.2) is 4.79 Å². The largest absolute Gasteiger partial charge is 0.449 e. The van der Waals surface area contributed by atoms with E-state index in [2.05, 4.69) is 5.32 Å². The SMILES string of the molecule is CC(C)OCc1ccc(C(=O)O[C@H](C)C(=O)Nc2ccccc2[N+](=O)[O-])cc1. The summed E-state index contributed by atoms with van der Waals surface area (Å²) in [7, 11) is 0. The van der Waals surface area contributed by atoms with Gasteiger partial charge >= 0.3 is 5.97 Å². The van der Waals surface area contributed by atoms with E-state index in [4.69, 9.17) is 9.47 Å². The van der Waals surface area contributed by atoms with Crippen molar-refractivity contribution in [2.45, 2.75) is 39.6 Å². The number of para-hydroxylation sites is 2. The third-order valence-corrected chi connectivity index (χ3v) is 3.78. The van der Waals surface area contributed by atoms with Gasteiger partial charge in [-0.3, -0.25) is 14.9 Å². The van der Waals surface area contributed by atoms with Crippen molar-refractivity contribution in [2.75, 3.05) is 5.32 Å². The number of rotatable bonds is 8. The number of esters is 1. The van der Waals surface area contributed by atoms with Crippen LogP contribution in [-0.2, 0) is 20.9 Å². The lowest BCUT2D eigenvalue weighted by molar-refractivity contribution is -0.383. The standard InChI is InChI=1S/C20H22N2O6/c1-13(2)27-12-15-8-10-16(11-9-15)20(24)28-14(3)19(23)21-17-6-4-5-7-18(17)22(25)26/h4-11,13-14H,12H2,1-3H3,(H,21,23)/t14-/m1/s1. The molecular formula is C20H22N2O6. The zero-order valence-electron chi connectivity index (χ0n) is 15.9. The highest BCUT2D eigenvalue weighted by Crippen LogP contribution is 2.23. The minimum absolute atomic E-state index is 0.0369. The highest BCUT2D eigenvalue weighted by Gasteiger charge is 2.22. The summed E-state index contributed by atoms with van der Waals surface area (Å²) in [6.45, 7) is 5.69. The smallest absolute Gasteiger partial charge is 0.338 e. The van der Waals surface area contributed by atoms with Crippen LogP contribution in [0, 0.1) is 10.1 Å². The molecule has 8 heteroatoms. The highest BCUT2D eigenvalue weighted by atomic mass is 16.6. The topological polar surface area (TPSA) is 108 Å². The van der Waals surface area contributed by atoms with Crippen LogP contribution in [0.1, 0.15) is 36.7 Å². The molecule has 2 aromatic rings. The Hall–Kier alpha value is -3.26. The minimum Gasteiger partial charge on any atom is -0.449 e. The van der Waals surface area contributed by atoms with Crippen LogP contribution in [0.4, 0.5) is 11.4 Å². The number of hydrogen-bond donors (Lipinski definition) is 1. The van der Waals surface area contributed by atoms with E-state index in [0.717, 1.165) is 5.56 Å². The first kappa shape index (κ1) is 21.0. The lowest BCUT2D eigenvalue weighted by Gasteiger charge is -2.14. The van der Waals surface area contributed by atoms with E-state index >= 15 is 0 Å². The second-order valence-electron chi connectivity index (χ2n) is 6.37. The Morgan fingerprint density at radius 1 is 1.07 bits per heavy atom. The highest BCUT2D eigenvalue weighted by molar-refractivity contribution is 5.98. The van der Waals surface area contributed by atoms with Crippen molar-refractivity contribution in [2.24, 2.45) is 0 Å². The Kier molecular flexibility index (Phi) is 7.22. The second kappa shape index (κ2) is 9.61. The number of nitro benzene ring substituents is 1. The van der Waals surface area contributed by atoms with Crippen molar-refractivity contribution in [1.29, 1.82) is 0 Å². The molecule has 0 aliphatic heterocycles. The van der Waals surface area contributed by atoms with E-state index in [1.807, 2.05) is 13.8 Å². The predicted molar refractivity (Wildman–Crippen MR) is 103 cm³/mol. The van der Waals surface area contributed by atoms with Crippen molar-refractivity contribution in [3.63, 3.8) is 0 Å². The third-order valence-electron chi connectivity index (χ3n) is 3.78. The molecule has 0 radical (unpaired) electrons. The Morgan fingerprint density at radius 3 is 2.32 bits per heavy atom. The molecule has 2 rings (SSSR count). The summed E-state index contributed by atoms with van der Waals surface area (Å²) in [5.41, 5.74) is 0.995. The molecule has 0 fully saturated rings. The Morgan fingerprint density at radius 2 is 1.71 bits per heavy atom. The summed E-state index contributed by atoms with van der Waals surface area (Å²) >= 11 is 0. The zero-order chi connectivity index (χ0) is 20.7. The van der Waals surface area contributed by atoms with Crippen LogP contribution < -0.4 is 5.32 Å². The monoisotopic (exact) mass is 386 g/mol. The van der Waals surface area contributed by atoms with Gasteiger partial charge in [-0.15, -0.1) is 0 Å². The Balaban J connectivity index is 1.96. The van der Waals surface area contributed by atoms with Gasteiger partial charge in [-0.05, 0) is 44.5 Å². The Bertz CT molecular complexity index is 848. The molecule has 0 aromatic heterocycles. The molecule has 1 amide bonds. The van der Waals surface area contributed by atoms with Crippen molar-refractivity contribution < 1.29 is 24.0 Å². The van der Waals surface area contributed by atoms with Crippen LogP contribution in [-0.4, -0.2) is 29.0 Å². The summed E-state index contributed by atoms with van der Waals surface area (Å²) in [6, 6.07) is 12.4. The summed E-state index contributed by atoms with van der Waals surface area (Å²) in [4.78, 5) is 34.9. The van der Waals surface area contributed by atoms with Crippen LogP contribution in [0.15, 0.2) is 48.5 Å². The molecular weight excluding hydrogens is 364 g/mol. The summed E-state index contributed by atoms with van der Waals surface area (Å²) in [5, 5.41) is 13.4. The maximum Gasteiger partial charge on any atom is 0.338 e. The Labute approximate surface area is 162 Å². The van der Waals surface area contributed by atoms with E-state index < -0.39 is 22.9 Å². The number of nitrogens with one attached hydrogen (secondary N) is 1. The van der Waals surface area contributed by atoms with E-state index in [1.165, 1.54) is 25.1 Å². The number of amides is 1. The molecule has 1 N–H and O–H groups in total. The van der Waals surface area contributed by atoms with Crippen molar-refractivity contribution in [1.82, 2.24) is 0 Å². The first-order valence-corrected chi connectivity index (χ1v) is 8.73. The third kappa shape index (κ3) is 5.88. The molecule has 148 valence electrons. The number of carbonyl (C=O) groups excluding carboxylic acids is 2. The molecule has 0 saturated heterocycles. The zero-order valence-corrected chi connectivity index (χ0v) is 15.9. The molecule has 0 bridgehead atoms. The molecule has 0 aliphatic carbocycles. The first-order valence-electron chi connectivity index (χ1n) is 8.73. The van der Waals surface area contributed by atoms with E-state index in [-0.39, 0.29) is 17.5 Å². The number of anilines is 1. The molecule has 1 atom stereocenters. The summed E-state index contributed by atoms with van der Waals surface area (Å²) in [5.74, 6) is -1.33. The number of carbonyl (C=O) groups is 2. The fourth-order valence-electron chi connectivity index (χ4n) is 2.25. The lowest BCUT2D eigenvalue weighted by Crippen LogP contribution is -2.30. The maximum absolute atomic E-state index is 12.2. The van der Waals surface area contributed by atoms with Gasteiger partial charge in [0.25, 0.3) is 11.6 Å². The number of hydrogen-bond acceptors (Lipinski definition) is 6. The molecule has 28 heavy (non-hydrogen) atoms. The maximum atomic E-state index is 12.2. The van der Waals surface area contributed by atoms with Gasteiger partial charge in [0.2, 0.25) is 0 Å². The van der Waals surface area contributed by atoms with Crippen LogP contribution in [0.3, 0.4) is 0 Å². The van der Waals surface area contributed by atoms with Crippen LogP contribution in [0.25, 0.3) is 0 Å². The van der Waals surface area contributed by atoms with Crippen LogP contribution >= 0.6 is 0 Å². The normalized spacial score (nSPS) is 11.7.